The van der Waals surface area contributed by atoms with Crippen molar-refractivity contribution >= 4 is 5.91 Å². The number of nitrogens with one attached hydrogen (secondary N) is 1. The fourth-order valence-corrected chi connectivity index (χ4v) is 1.03. The molecule has 0 saturated carbocycles. The summed E-state index contributed by atoms with van der Waals surface area (Å²) >= 11 is 0. The van der Waals surface area contributed by atoms with Gasteiger partial charge < -0.3 is 10.4 Å². The van der Waals surface area contributed by atoms with Crippen LogP contribution in [0.15, 0.2) is 24.3 Å². The lowest BCUT2D eigenvalue weighted by Gasteiger charge is -2.03. The zero-order valence-electron chi connectivity index (χ0n) is 7.53. The van der Waals surface area contributed by atoms with Gasteiger partial charge in [-0.1, -0.05) is 18.2 Å². The normalized spacial score (nSPS) is 9.07. The van der Waals surface area contributed by atoms with Gasteiger partial charge in [-0.25, -0.2) is 0 Å². The minimum absolute atomic E-state index is 0.00751. The van der Waals surface area contributed by atoms with Crippen LogP contribution in [0.1, 0.15) is 5.56 Å². The Kier molecular flexibility index (Phi) is 3.50. The summed E-state index contributed by atoms with van der Waals surface area (Å²) in [6.45, 7) is -0.00751. The lowest BCUT2D eigenvalue weighted by Crippen LogP contribution is -2.25. The molecule has 0 unspecified atom stereocenters. The molecule has 1 amide bonds. The van der Waals surface area contributed by atoms with E-state index in [4.69, 9.17) is 5.26 Å². The van der Waals surface area contributed by atoms with E-state index in [0.29, 0.717) is 5.56 Å². The minimum atomic E-state index is -0.270. The molecule has 2 N–H and O–H groups in total. The number of phenolic OH excluding ortho intramolecular Hbond substituents is 1. The van der Waals surface area contributed by atoms with E-state index in [-0.39, 0.29) is 24.6 Å². The maximum absolute atomic E-state index is 11.2. The largest absolute Gasteiger partial charge is 0.508 e. The molecule has 1 aromatic carbocycles. The average Bonchev–Trinajstić information content (AvgIpc) is 2.18. The van der Waals surface area contributed by atoms with Gasteiger partial charge in [0.05, 0.1) is 12.5 Å². The summed E-state index contributed by atoms with van der Waals surface area (Å²) in [4.78, 5) is 11.2. The van der Waals surface area contributed by atoms with Crippen LogP contribution in [0.3, 0.4) is 0 Å². The summed E-state index contributed by atoms with van der Waals surface area (Å²) in [5.74, 6) is -0.173. The number of carbonyl (C=O) groups excluding carboxylic acids is 1. The van der Waals surface area contributed by atoms with Gasteiger partial charge in [0, 0.05) is 5.56 Å². The fourth-order valence-electron chi connectivity index (χ4n) is 1.03. The first-order valence-corrected chi connectivity index (χ1v) is 4.14. The van der Waals surface area contributed by atoms with Gasteiger partial charge in [-0.15, -0.1) is 0 Å². The van der Waals surface area contributed by atoms with Crippen LogP contribution in [-0.4, -0.2) is 17.6 Å². The Labute approximate surface area is 81.8 Å². The molecule has 72 valence electrons. The summed E-state index contributed by atoms with van der Waals surface area (Å²) in [7, 11) is 0. The first-order chi connectivity index (χ1) is 6.74. The molecule has 0 spiro atoms. The molecule has 0 bridgehead atoms. The quantitative estimate of drug-likeness (QED) is 0.684. The number of para-hydroxylation sites is 1. The highest BCUT2D eigenvalue weighted by Gasteiger charge is 2.05. The number of nitriles is 1. The number of hydrogen-bond donors (Lipinski definition) is 2. The van der Waals surface area contributed by atoms with E-state index in [1.807, 2.05) is 0 Å². The zero-order valence-corrected chi connectivity index (χ0v) is 7.53. The molecule has 0 aromatic heterocycles. The highest BCUT2D eigenvalue weighted by molar-refractivity contribution is 5.79. The summed E-state index contributed by atoms with van der Waals surface area (Å²) in [6.07, 6.45) is 0.0916. The summed E-state index contributed by atoms with van der Waals surface area (Å²) < 4.78 is 0. The van der Waals surface area contributed by atoms with Crippen molar-refractivity contribution in [1.82, 2.24) is 5.32 Å². The van der Waals surface area contributed by atoms with E-state index in [2.05, 4.69) is 5.32 Å². The Hall–Kier alpha value is -2.02. The average molecular weight is 190 g/mol. The predicted octanol–water partition coefficient (Wildman–Crippen LogP) is 0.574. The molecule has 0 fully saturated rings. The number of phenols is 1. The smallest absolute Gasteiger partial charge is 0.225 e. The zero-order chi connectivity index (χ0) is 10.4. The summed E-state index contributed by atoms with van der Waals surface area (Å²) in [6, 6.07) is 8.42. The van der Waals surface area contributed by atoms with Crippen LogP contribution < -0.4 is 5.32 Å². The first kappa shape index (κ1) is 10.1. The summed E-state index contributed by atoms with van der Waals surface area (Å²) in [5.41, 5.74) is 0.558. The Morgan fingerprint density at radius 2 is 2.21 bits per heavy atom. The van der Waals surface area contributed by atoms with Crippen molar-refractivity contribution in [3.05, 3.63) is 29.8 Å². The lowest BCUT2D eigenvalue weighted by molar-refractivity contribution is -0.120. The molecule has 0 radical (unpaired) electrons. The molecule has 0 saturated heterocycles. The Morgan fingerprint density at radius 1 is 1.50 bits per heavy atom. The number of hydrogen-bond acceptors (Lipinski definition) is 3. The van der Waals surface area contributed by atoms with E-state index >= 15 is 0 Å². The summed E-state index contributed by atoms with van der Waals surface area (Å²) in [5, 5.41) is 20.0. The molecular formula is C10H10N2O2. The van der Waals surface area contributed by atoms with Crippen molar-refractivity contribution in [1.29, 1.82) is 5.26 Å². The Bertz CT molecular complexity index is 369. The molecule has 4 heteroatoms. The number of benzene rings is 1. The number of carbonyl (C=O) groups is 1. The lowest BCUT2D eigenvalue weighted by atomic mass is 10.1. The van der Waals surface area contributed by atoms with E-state index in [1.165, 1.54) is 6.07 Å². The second kappa shape index (κ2) is 4.87. The topological polar surface area (TPSA) is 73.1 Å². The van der Waals surface area contributed by atoms with Crippen molar-refractivity contribution in [3.63, 3.8) is 0 Å². The fraction of sp³-hybridized carbons (Fsp3) is 0.200. The standard InChI is InChI=1S/C10H10N2O2/c11-5-6-12-10(14)7-8-3-1-2-4-9(8)13/h1-4,13H,6-7H2,(H,12,14). The third-order valence-electron chi connectivity index (χ3n) is 1.71. The molecular weight excluding hydrogens is 180 g/mol. The second-order valence-electron chi connectivity index (χ2n) is 2.74. The van der Waals surface area contributed by atoms with Gasteiger partial charge in [-0.2, -0.15) is 5.26 Å². The van der Waals surface area contributed by atoms with Crippen LogP contribution >= 0.6 is 0 Å². The maximum Gasteiger partial charge on any atom is 0.225 e. The van der Waals surface area contributed by atoms with Gasteiger partial charge >= 0.3 is 0 Å². The van der Waals surface area contributed by atoms with Gasteiger partial charge in [-0.3, -0.25) is 4.79 Å². The van der Waals surface area contributed by atoms with Crippen molar-refractivity contribution < 1.29 is 9.90 Å². The third kappa shape index (κ3) is 2.79. The predicted molar refractivity (Wildman–Crippen MR) is 50.4 cm³/mol. The Balaban J connectivity index is 2.57. The Morgan fingerprint density at radius 3 is 2.86 bits per heavy atom. The van der Waals surface area contributed by atoms with E-state index < -0.39 is 0 Å². The van der Waals surface area contributed by atoms with Gasteiger partial charge in [0.2, 0.25) is 5.91 Å². The SMILES string of the molecule is N#CCNC(=O)Cc1ccccc1O. The van der Waals surface area contributed by atoms with Gasteiger partial charge in [0.1, 0.15) is 12.3 Å². The van der Waals surface area contributed by atoms with Crippen molar-refractivity contribution in [2.45, 2.75) is 6.42 Å². The van der Waals surface area contributed by atoms with Crippen LogP contribution in [0.2, 0.25) is 0 Å². The number of rotatable bonds is 3. The number of aromatic hydroxyl groups is 1. The third-order valence-corrected chi connectivity index (χ3v) is 1.71. The number of nitrogens with zero attached hydrogens (tertiary/aromatic N) is 1. The van der Waals surface area contributed by atoms with Crippen LogP contribution in [0, 0.1) is 11.3 Å². The van der Waals surface area contributed by atoms with Gasteiger partial charge in [-0.05, 0) is 6.07 Å². The van der Waals surface area contributed by atoms with Crippen LogP contribution in [0.4, 0.5) is 0 Å². The number of amides is 1. The maximum atomic E-state index is 11.2. The molecule has 0 atom stereocenters. The van der Waals surface area contributed by atoms with Crippen LogP contribution in [0.25, 0.3) is 0 Å². The minimum Gasteiger partial charge on any atom is -0.508 e. The molecule has 0 aliphatic carbocycles. The highest BCUT2D eigenvalue weighted by atomic mass is 16.3. The van der Waals surface area contributed by atoms with Crippen molar-refractivity contribution in [3.8, 4) is 11.8 Å². The molecule has 14 heavy (non-hydrogen) atoms. The van der Waals surface area contributed by atoms with Crippen LogP contribution in [-0.2, 0) is 11.2 Å². The second-order valence-corrected chi connectivity index (χ2v) is 2.74. The van der Waals surface area contributed by atoms with Crippen LogP contribution in [0.5, 0.6) is 5.75 Å². The monoisotopic (exact) mass is 190 g/mol. The van der Waals surface area contributed by atoms with Gasteiger partial charge in [0.15, 0.2) is 0 Å². The van der Waals surface area contributed by atoms with Crippen molar-refractivity contribution in [2.24, 2.45) is 0 Å². The highest BCUT2D eigenvalue weighted by Crippen LogP contribution is 2.15. The van der Waals surface area contributed by atoms with Gasteiger partial charge in [0.25, 0.3) is 0 Å². The molecule has 0 aliphatic rings. The van der Waals surface area contributed by atoms with E-state index in [1.54, 1.807) is 24.3 Å². The molecule has 1 rings (SSSR count). The molecule has 4 nitrogen and oxygen atoms in total. The van der Waals surface area contributed by atoms with Crippen molar-refractivity contribution in [2.75, 3.05) is 6.54 Å². The van der Waals surface area contributed by atoms with E-state index in [9.17, 15) is 9.90 Å². The first-order valence-electron chi connectivity index (χ1n) is 4.14. The molecule has 0 aliphatic heterocycles. The molecule has 1 aromatic rings. The molecule has 0 heterocycles. The van der Waals surface area contributed by atoms with E-state index in [0.717, 1.165) is 0 Å².